The monoisotopic (exact) mass is 404 g/mol. The van der Waals surface area contributed by atoms with Crippen LogP contribution in [0.5, 0.6) is 5.88 Å². The number of nitrogens with zero attached hydrogens (tertiary/aromatic N) is 6. The first-order valence-corrected chi connectivity index (χ1v) is 10.3. The number of aromatic nitrogens is 5. The molecule has 8 heteroatoms. The van der Waals surface area contributed by atoms with Crippen molar-refractivity contribution in [1.82, 2.24) is 29.9 Å². The second-order valence-corrected chi connectivity index (χ2v) is 8.22. The van der Waals surface area contributed by atoms with Crippen molar-refractivity contribution in [3.63, 3.8) is 0 Å². The molecule has 3 aromatic heterocycles. The van der Waals surface area contributed by atoms with Gasteiger partial charge in [0, 0.05) is 24.0 Å². The van der Waals surface area contributed by atoms with Gasteiger partial charge >= 0.3 is 0 Å². The van der Waals surface area contributed by atoms with Gasteiger partial charge < -0.3 is 9.64 Å². The van der Waals surface area contributed by atoms with Gasteiger partial charge in [-0.15, -0.1) is 4.80 Å². The van der Waals surface area contributed by atoms with Gasteiger partial charge in [0.2, 0.25) is 5.88 Å². The van der Waals surface area contributed by atoms with Crippen molar-refractivity contribution >= 4 is 5.91 Å². The number of piperidine rings is 1. The largest absolute Gasteiger partial charge is 0.472 e. The first-order valence-electron chi connectivity index (χ1n) is 10.3. The molecule has 8 nitrogen and oxygen atoms in total. The first-order chi connectivity index (χ1) is 14.5. The highest BCUT2D eigenvalue weighted by atomic mass is 16.5. The molecule has 4 unspecified atom stereocenters. The van der Waals surface area contributed by atoms with Gasteiger partial charge in [0.1, 0.15) is 6.10 Å². The van der Waals surface area contributed by atoms with Crippen LogP contribution >= 0.6 is 0 Å². The number of ether oxygens (including phenoxy) is 1. The SMILES string of the molecule is Cc1ccc(OC2CC3CC2N(C(=O)c2ccc(C)nc2-n2nccn2)C3C)nc1. The Morgan fingerprint density at radius 1 is 1.10 bits per heavy atom. The molecule has 2 fully saturated rings. The highest BCUT2D eigenvalue weighted by molar-refractivity contribution is 5.97. The number of aryl methyl sites for hydroxylation is 2. The zero-order chi connectivity index (χ0) is 20.8. The number of fused-ring (bicyclic) bond motifs is 2. The van der Waals surface area contributed by atoms with Crippen molar-refractivity contribution < 1.29 is 9.53 Å². The maximum absolute atomic E-state index is 13.7. The highest BCUT2D eigenvalue weighted by Gasteiger charge is 2.53. The summed E-state index contributed by atoms with van der Waals surface area (Å²) in [6, 6.07) is 7.71. The van der Waals surface area contributed by atoms with E-state index in [1.54, 1.807) is 18.6 Å². The van der Waals surface area contributed by atoms with Gasteiger partial charge in [0.15, 0.2) is 5.82 Å². The van der Waals surface area contributed by atoms with Crippen molar-refractivity contribution in [3.05, 3.63) is 59.7 Å². The van der Waals surface area contributed by atoms with Crippen LogP contribution in [0.2, 0.25) is 0 Å². The van der Waals surface area contributed by atoms with Gasteiger partial charge in [-0.2, -0.15) is 10.2 Å². The zero-order valence-electron chi connectivity index (χ0n) is 17.3. The van der Waals surface area contributed by atoms with Crippen LogP contribution in [0.15, 0.2) is 42.9 Å². The van der Waals surface area contributed by atoms with E-state index in [0.29, 0.717) is 23.2 Å². The summed E-state index contributed by atoms with van der Waals surface area (Å²) in [5.74, 6) is 1.42. The van der Waals surface area contributed by atoms with E-state index in [1.165, 1.54) is 4.80 Å². The molecule has 0 radical (unpaired) electrons. The Kier molecular flexibility index (Phi) is 4.49. The van der Waals surface area contributed by atoms with Crippen LogP contribution in [0.4, 0.5) is 0 Å². The van der Waals surface area contributed by atoms with Gasteiger partial charge in [-0.1, -0.05) is 6.07 Å². The molecule has 0 spiro atoms. The predicted octanol–water partition coefficient (Wildman–Crippen LogP) is 2.74. The minimum Gasteiger partial charge on any atom is -0.472 e. The van der Waals surface area contributed by atoms with Gasteiger partial charge in [-0.25, -0.2) is 9.97 Å². The number of pyridine rings is 2. The Morgan fingerprint density at radius 2 is 1.90 bits per heavy atom. The van der Waals surface area contributed by atoms with Gasteiger partial charge in [0.25, 0.3) is 5.91 Å². The minimum atomic E-state index is -0.0601. The molecule has 1 aliphatic carbocycles. The molecule has 1 saturated heterocycles. The molecule has 4 heterocycles. The highest BCUT2D eigenvalue weighted by Crippen LogP contribution is 2.44. The van der Waals surface area contributed by atoms with Crippen LogP contribution in [0.3, 0.4) is 0 Å². The van der Waals surface area contributed by atoms with Gasteiger partial charge in [0.05, 0.1) is 24.0 Å². The molecule has 1 aliphatic heterocycles. The average Bonchev–Trinajstić information content (AvgIpc) is 3.46. The molecule has 0 aromatic carbocycles. The fraction of sp³-hybridized carbons (Fsp3) is 0.409. The van der Waals surface area contributed by atoms with Crippen LogP contribution in [0.1, 0.15) is 41.4 Å². The molecule has 2 aliphatic rings. The van der Waals surface area contributed by atoms with Crippen LogP contribution in [0.25, 0.3) is 5.82 Å². The van der Waals surface area contributed by atoms with Gasteiger partial charge in [-0.05, 0) is 57.2 Å². The number of carbonyl (C=O) groups is 1. The smallest absolute Gasteiger partial charge is 0.258 e. The summed E-state index contributed by atoms with van der Waals surface area (Å²) < 4.78 is 6.20. The van der Waals surface area contributed by atoms with E-state index < -0.39 is 0 Å². The van der Waals surface area contributed by atoms with E-state index in [9.17, 15) is 4.79 Å². The quantitative estimate of drug-likeness (QED) is 0.665. The normalized spacial score (nSPS) is 25.0. The minimum absolute atomic E-state index is 0.0142. The number of likely N-dealkylation sites (tertiary alicyclic amines) is 1. The topological polar surface area (TPSA) is 86.0 Å². The number of rotatable bonds is 4. The third-order valence-corrected chi connectivity index (χ3v) is 6.23. The second kappa shape index (κ2) is 7.19. The van der Waals surface area contributed by atoms with Crippen LogP contribution in [-0.2, 0) is 0 Å². The number of carbonyl (C=O) groups excluding carboxylic acids is 1. The maximum Gasteiger partial charge on any atom is 0.258 e. The van der Waals surface area contributed by atoms with Crippen molar-refractivity contribution in [2.45, 2.75) is 51.8 Å². The average molecular weight is 404 g/mol. The molecule has 1 amide bonds. The van der Waals surface area contributed by atoms with E-state index in [-0.39, 0.29) is 24.1 Å². The molecule has 30 heavy (non-hydrogen) atoms. The molecule has 0 N–H and O–H groups in total. The zero-order valence-corrected chi connectivity index (χ0v) is 17.3. The lowest BCUT2D eigenvalue weighted by molar-refractivity contribution is 0.0313. The van der Waals surface area contributed by atoms with Crippen molar-refractivity contribution in [1.29, 1.82) is 0 Å². The summed E-state index contributed by atoms with van der Waals surface area (Å²) in [6.45, 7) is 6.01. The van der Waals surface area contributed by atoms with Crippen LogP contribution in [0, 0.1) is 19.8 Å². The van der Waals surface area contributed by atoms with E-state index in [0.717, 1.165) is 24.1 Å². The summed E-state index contributed by atoms with van der Waals surface area (Å²) in [6.07, 6.45) is 6.78. The lowest BCUT2D eigenvalue weighted by Crippen LogP contribution is -2.51. The molecular weight excluding hydrogens is 380 g/mol. The van der Waals surface area contributed by atoms with Crippen LogP contribution in [-0.4, -0.2) is 54.0 Å². The Morgan fingerprint density at radius 3 is 2.60 bits per heavy atom. The first kappa shape index (κ1) is 18.7. The fourth-order valence-electron chi connectivity index (χ4n) is 4.70. The summed E-state index contributed by atoms with van der Waals surface area (Å²) in [4.78, 5) is 25.9. The van der Waals surface area contributed by atoms with E-state index in [2.05, 4.69) is 27.1 Å². The molecule has 4 atom stereocenters. The summed E-state index contributed by atoms with van der Waals surface area (Å²) in [5.41, 5.74) is 2.40. The van der Waals surface area contributed by atoms with Crippen molar-refractivity contribution in [2.75, 3.05) is 0 Å². The third kappa shape index (κ3) is 3.12. The Balaban J connectivity index is 1.44. The Labute approximate surface area is 174 Å². The fourth-order valence-corrected chi connectivity index (χ4v) is 4.70. The number of hydrogen-bond donors (Lipinski definition) is 0. The molecule has 2 bridgehead atoms. The molecule has 154 valence electrons. The van der Waals surface area contributed by atoms with E-state index >= 15 is 0 Å². The maximum atomic E-state index is 13.7. The second-order valence-electron chi connectivity index (χ2n) is 8.22. The van der Waals surface area contributed by atoms with E-state index in [4.69, 9.17) is 4.74 Å². The Hall–Kier alpha value is -3.29. The van der Waals surface area contributed by atoms with Crippen LogP contribution < -0.4 is 4.74 Å². The molecule has 1 saturated carbocycles. The van der Waals surface area contributed by atoms with Crippen molar-refractivity contribution in [2.24, 2.45) is 5.92 Å². The molecule has 5 rings (SSSR count). The lowest BCUT2D eigenvalue weighted by atomic mass is 9.98. The summed E-state index contributed by atoms with van der Waals surface area (Å²) in [5, 5.41) is 8.36. The lowest BCUT2D eigenvalue weighted by Gasteiger charge is -2.37. The third-order valence-electron chi connectivity index (χ3n) is 6.23. The molecular formula is C22H24N6O2. The predicted molar refractivity (Wildman–Crippen MR) is 109 cm³/mol. The summed E-state index contributed by atoms with van der Waals surface area (Å²) in [7, 11) is 0. The van der Waals surface area contributed by atoms with Gasteiger partial charge in [-0.3, -0.25) is 4.79 Å². The standard InChI is InChI=1S/C22H24N6O2/c1-13-4-7-20(23-12-13)30-19-11-16-10-18(19)27(15(16)3)22(29)17-6-5-14(2)26-21(17)28-24-8-9-25-28/h4-9,12,15-16,18-19H,10-11H2,1-3H3. The van der Waals surface area contributed by atoms with Crippen molar-refractivity contribution in [3.8, 4) is 11.7 Å². The molecule has 3 aromatic rings. The van der Waals surface area contributed by atoms with E-state index in [1.807, 2.05) is 43.0 Å². The Bertz CT molecular complexity index is 1070. The summed E-state index contributed by atoms with van der Waals surface area (Å²) >= 11 is 0. The number of hydrogen-bond acceptors (Lipinski definition) is 6. The number of amides is 1.